The van der Waals surface area contributed by atoms with Gasteiger partial charge in [-0.05, 0) is 58.2 Å². The molecular weight excluding hydrogens is 334 g/mol. The van der Waals surface area contributed by atoms with Gasteiger partial charge in [0.15, 0.2) is 0 Å². The highest BCUT2D eigenvalue weighted by Crippen LogP contribution is 2.29. The number of rotatable bonds is 5. The van der Waals surface area contributed by atoms with E-state index >= 15 is 0 Å². The molecular formula is C17H19BrClN. The maximum Gasteiger partial charge on any atom is 0.0574 e. The van der Waals surface area contributed by atoms with E-state index < -0.39 is 0 Å². The van der Waals surface area contributed by atoms with Crippen molar-refractivity contribution in [1.82, 2.24) is 5.32 Å². The average molecular weight is 353 g/mol. The van der Waals surface area contributed by atoms with Crippen LogP contribution in [-0.2, 0) is 6.42 Å². The highest BCUT2D eigenvalue weighted by Gasteiger charge is 2.13. The molecule has 3 heteroatoms. The zero-order chi connectivity index (χ0) is 14.5. The molecule has 1 nitrogen and oxygen atoms in total. The Bertz CT molecular complexity index is 583. The maximum absolute atomic E-state index is 6.07. The molecule has 0 radical (unpaired) electrons. The average Bonchev–Trinajstić information content (AvgIpc) is 2.44. The van der Waals surface area contributed by atoms with Crippen LogP contribution in [0.15, 0.2) is 46.9 Å². The summed E-state index contributed by atoms with van der Waals surface area (Å²) in [5.41, 5.74) is 3.88. The summed E-state index contributed by atoms with van der Waals surface area (Å²) >= 11 is 9.57. The molecule has 106 valence electrons. The molecule has 20 heavy (non-hydrogen) atoms. The molecule has 1 N–H and O–H groups in total. The molecule has 0 fully saturated rings. The predicted octanol–water partition coefficient (Wildman–Crippen LogP) is 5.36. The molecule has 1 unspecified atom stereocenters. The van der Waals surface area contributed by atoms with Gasteiger partial charge in [-0.25, -0.2) is 0 Å². The van der Waals surface area contributed by atoms with Crippen molar-refractivity contribution >= 4 is 27.5 Å². The molecule has 0 spiro atoms. The fraction of sp³-hybridized carbons (Fsp3) is 0.294. The number of aryl methyl sites for hydroxylation is 1. The van der Waals surface area contributed by atoms with Crippen LogP contribution in [-0.4, -0.2) is 7.05 Å². The third-order valence-corrected chi connectivity index (χ3v) is 4.60. The molecule has 0 saturated carbocycles. The van der Waals surface area contributed by atoms with Crippen LogP contribution in [0.2, 0.25) is 5.02 Å². The van der Waals surface area contributed by atoms with Gasteiger partial charge in [-0.3, -0.25) is 0 Å². The van der Waals surface area contributed by atoms with Gasteiger partial charge >= 0.3 is 0 Å². The lowest BCUT2D eigenvalue weighted by Crippen LogP contribution is -2.17. The first kappa shape index (κ1) is 15.6. The summed E-state index contributed by atoms with van der Waals surface area (Å²) in [7, 11) is 1.99. The topological polar surface area (TPSA) is 12.0 Å². The van der Waals surface area contributed by atoms with Gasteiger partial charge in [0.25, 0.3) is 0 Å². The summed E-state index contributed by atoms with van der Waals surface area (Å²) in [6, 6.07) is 15.0. The van der Waals surface area contributed by atoms with E-state index in [-0.39, 0.29) is 6.04 Å². The van der Waals surface area contributed by atoms with Crippen molar-refractivity contribution in [2.24, 2.45) is 0 Å². The van der Waals surface area contributed by atoms with E-state index in [4.69, 9.17) is 11.6 Å². The number of halogens is 2. The van der Waals surface area contributed by atoms with Gasteiger partial charge in [-0.15, -0.1) is 0 Å². The van der Waals surface area contributed by atoms with Crippen LogP contribution in [0.25, 0.3) is 0 Å². The summed E-state index contributed by atoms with van der Waals surface area (Å²) in [5, 5.41) is 4.13. The first-order chi connectivity index (χ1) is 9.65. The molecule has 0 aliphatic carbocycles. The Kier molecular flexibility index (Phi) is 5.64. The summed E-state index contributed by atoms with van der Waals surface area (Å²) in [6.07, 6.45) is 2.29. The van der Waals surface area contributed by atoms with Gasteiger partial charge in [-0.1, -0.05) is 55.3 Å². The van der Waals surface area contributed by atoms with Crippen LogP contribution in [0.5, 0.6) is 0 Å². The van der Waals surface area contributed by atoms with Crippen LogP contribution in [0.1, 0.15) is 36.1 Å². The molecule has 2 aromatic carbocycles. The Morgan fingerprint density at radius 1 is 1.15 bits per heavy atom. The number of benzene rings is 2. The number of hydrogen-bond acceptors (Lipinski definition) is 1. The highest BCUT2D eigenvalue weighted by molar-refractivity contribution is 9.10. The van der Waals surface area contributed by atoms with Crippen LogP contribution in [0.4, 0.5) is 0 Å². The van der Waals surface area contributed by atoms with Crippen LogP contribution in [0, 0.1) is 0 Å². The zero-order valence-corrected chi connectivity index (χ0v) is 14.1. The maximum atomic E-state index is 6.07. The Morgan fingerprint density at radius 2 is 1.90 bits per heavy atom. The monoisotopic (exact) mass is 351 g/mol. The van der Waals surface area contributed by atoms with Crippen LogP contribution < -0.4 is 5.32 Å². The van der Waals surface area contributed by atoms with Crippen molar-refractivity contribution in [2.45, 2.75) is 25.8 Å². The minimum Gasteiger partial charge on any atom is -0.309 e. The Morgan fingerprint density at radius 3 is 2.55 bits per heavy atom. The van der Waals surface area contributed by atoms with E-state index in [1.54, 1.807) is 0 Å². The van der Waals surface area contributed by atoms with Gasteiger partial charge < -0.3 is 5.32 Å². The Labute approximate surface area is 134 Å². The third-order valence-electron chi connectivity index (χ3n) is 3.39. The number of hydrogen-bond donors (Lipinski definition) is 1. The Balaban J connectivity index is 2.36. The molecule has 0 aromatic heterocycles. The first-order valence-electron chi connectivity index (χ1n) is 6.86. The lowest BCUT2D eigenvalue weighted by molar-refractivity contribution is 0.690. The van der Waals surface area contributed by atoms with Crippen LogP contribution in [0.3, 0.4) is 0 Å². The first-order valence-corrected chi connectivity index (χ1v) is 8.04. The van der Waals surface area contributed by atoms with E-state index in [0.717, 1.165) is 15.9 Å². The molecule has 2 aromatic rings. The fourth-order valence-corrected chi connectivity index (χ4v) is 2.95. The minimum absolute atomic E-state index is 0.181. The van der Waals surface area contributed by atoms with Crippen molar-refractivity contribution in [3.05, 3.63) is 68.7 Å². The highest BCUT2D eigenvalue weighted by atomic mass is 79.9. The molecule has 0 heterocycles. The third kappa shape index (κ3) is 3.63. The van der Waals surface area contributed by atoms with Gasteiger partial charge in [-0.2, -0.15) is 0 Å². The largest absolute Gasteiger partial charge is 0.309 e. The van der Waals surface area contributed by atoms with E-state index in [2.05, 4.69) is 64.6 Å². The zero-order valence-electron chi connectivity index (χ0n) is 11.8. The summed E-state index contributed by atoms with van der Waals surface area (Å²) < 4.78 is 0.932. The predicted molar refractivity (Wildman–Crippen MR) is 90.5 cm³/mol. The smallest absolute Gasteiger partial charge is 0.0574 e. The molecule has 0 aliphatic rings. The quantitative estimate of drug-likeness (QED) is 0.763. The molecule has 0 bridgehead atoms. The Hall–Kier alpha value is -0.830. The lowest BCUT2D eigenvalue weighted by atomic mass is 9.96. The van der Waals surface area contributed by atoms with Crippen molar-refractivity contribution < 1.29 is 0 Å². The van der Waals surface area contributed by atoms with Crippen molar-refractivity contribution in [3.63, 3.8) is 0 Å². The molecule has 0 saturated heterocycles. The standard InChI is InChI=1S/C17H19BrClN/c1-3-5-12-6-4-7-13(10-12)17(20-2)14-8-9-16(19)15(18)11-14/h4,6-11,17,20H,3,5H2,1-2H3. The molecule has 0 amide bonds. The molecule has 2 rings (SSSR count). The van der Waals surface area contributed by atoms with Crippen LogP contribution >= 0.6 is 27.5 Å². The van der Waals surface area contributed by atoms with Crippen molar-refractivity contribution in [1.29, 1.82) is 0 Å². The van der Waals surface area contributed by atoms with Crippen molar-refractivity contribution in [3.8, 4) is 0 Å². The number of nitrogens with one attached hydrogen (secondary N) is 1. The second-order valence-electron chi connectivity index (χ2n) is 4.89. The minimum atomic E-state index is 0.181. The second kappa shape index (κ2) is 7.26. The summed E-state index contributed by atoms with van der Waals surface area (Å²) in [4.78, 5) is 0. The second-order valence-corrected chi connectivity index (χ2v) is 6.15. The van der Waals surface area contributed by atoms with E-state index in [1.807, 2.05) is 13.1 Å². The normalized spacial score (nSPS) is 12.4. The summed E-state index contributed by atoms with van der Waals surface area (Å²) in [5.74, 6) is 0. The van der Waals surface area contributed by atoms with Gasteiger partial charge in [0.2, 0.25) is 0 Å². The van der Waals surface area contributed by atoms with Gasteiger partial charge in [0, 0.05) is 4.47 Å². The van der Waals surface area contributed by atoms with Crippen molar-refractivity contribution in [2.75, 3.05) is 7.05 Å². The molecule has 0 aliphatic heterocycles. The van der Waals surface area contributed by atoms with E-state index in [1.165, 1.54) is 23.1 Å². The van der Waals surface area contributed by atoms with E-state index in [0.29, 0.717) is 0 Å². The summed E-state index contributed by atoms with van der Waals surface area (Å²) in [6.45, 7) is 2.21. The SMILES string of the molecule is CCCc1cccc(C(NC)c2ccc(Cl)c(Br)c2)c1. The van der Waals surface area contributed by atoms with Gasteiger partial charge in [0.05, 0.1) is 11.1 Å². The lowest BCUT2D eigenvalue weighted by Gasteiger charge is -2.18. The molecule has 1 atom stereocenters. The van der Waals surface area contributed by atoms with E-state index in [9.17, 15) is 0 Å². The van der Waals surface area contributed by atoms with Gasteiger partial charge in [0.1, 0.15) is 0 Å². The fourth-order valence-electron chi connectivity index (χ4n) is 2.43.